The Morgan fingerprint density at radius 3 is 2.81 bits per heavy atom. The topological polar surface area (TPSA) is 62.1 Å². The Labute approximate surface area is 122 Å². The second-order valence-electron chi connectivity index (χ2n) is 4.40. The highest BCUT2D eigenvalue weighted by molar-refractivity contribution is 5.40. The van der Waals surface area contributed by atoms with E-state index in [0.29, 0.717) is 11.6 Å². The number of aryl methyl sites for hydroxylation is 1. The second kappa shape index (κ2) is 5.62. The van der Waals surface area contributed by atoms with E-state index in [-0.39, 0.29) is 6.01 Å². The number of hydrogen-bond acceptors (Lipinski definition) is 5. The lowest BCUT2D eigenvalue weighted by Crippen LogP contribution is -1.97. The quantitative estimate of drug-likeness (QED) is 0.736. The molecule has 2 heterocycles. The first-order valence-electron chi connectivity index (χ1n) is 6.40. The number of nitrogens with zero attached hydrogens (tertiary/aromatic N) is 4. The Balaban J connectivity index is 1.88. The highest BCUT2D eigenvalue weighted by Gasteiger charge is 2.05. The minimum absolute atomic E-state index is 0.288. The molecule has 2 aromatic heterocycles. The van der Waals surface area contributed by atoms with Crippen LogP contribution in [0.5, 0.6) is 17.6 Å². The third kappa shape index (κ3) is 3.00. The highest BCUT2D eigenvalue weighted by Crippen LogP contribution is 2.23. The van der Waals surface area contributed by atoms with Gasteiger partial charge in [0.15, 0.2) is 0 Å². The van der Waals surface area contributed by atoms with Crippen molar-refractivity contribution in [3.05, 3.63) is 54.7 Å². The molecule has 6 heteroatoms. The summed E-state index contributed by atoms with van der Waals surface area (Å²) < 4.78 is 12.7. The van der Waals surface area contributed by atoms with Crippen LogP contribution in [0, 0.1) is 6.92 Å². The molecule has 0 fully saturated rings. The van der Waals surface area contributed by atoms with Crippen LogP contribution in [0.2, 0.25) is 0 Å². The lowest BCUT2D eigenvalue weighted by molar-refractivity contribution is 0.365. The van der Waals surface area contributed by atoms with Crippen LogP contribution >= 0.6 is 0 Å². The summed E-state index contributed by atoms with van der Waals surface area (Å²) in [5.41, 5.74) is 1.74. The lowest BCUT2D eigenvalue weighted by Gasteiger charge is -2.08. The maximum atomic E-state index is 5.78. The Hall–Kier alpha value is -2.89. The van der Waals surface area contributed by atoms with E-state index < -0.39 is 0 Å². The van der Waals surface area contributed by atoms with Gasteiger partial charge in [-0.3, -0.25) is 0 Å². The van der Waals surface area contributed by atoms with Gasteiger partial charge in [-0.25, -0.2) is 9.97 Å². The Morgan fingerprint density at radius 1 is 1.14 bits per heavy atom. The average Bonchev–Trinajstić information content (AvgIpc) is 3.01. The molecule has 0 amide bonds. The summed E-state index contributed by atoms with van der Waals surface area (Å²) in [4.78, 5) is 12.3. The molecule has 0 spiro atoms. The monoisotopic (exact) mass is 282 g/mol. The molecular weight excluding hydrogens is 268 g/mol. The Kier molecular flexibility index (Phi) is 3.51. The Morgan fingerprint density at radius 2 is 2.05 bits per heavy atom. The predicted molar refractivity (Wildman–Crippen MR) is 77.0 cm³/mol. The van der Waals surface area contributed by atoms with Crippen molar-refractivity contribution < 1.29 is 9.47 Å². The van der Waals surface area contributed by atoms with E-state index in [1.807, 2.05) is 42.0 Å². The maximum absolute atomic E-state index is 5.78. The number of rotatable bonds is 4. The number of imidazole rings is 1. The van der Waals surface area contributed by atoms with Crippen LogP contribution in [-0.4, -0.2) is 26.6 Å². The van der Waals surface area contributed by atoms with Gasteiger partial charge in [-0.1, -0.05) is 6.07 Å². The first-order chi connectivity index (χ1) is 10.2. The fourth-order valence-electron chi connectivity index (χ4n) is 1.90. The van der Waals surface area contributed by atoms with Gasteiger partial charge in [0.25, 0.3) is 0 Å². The SMILES string of the molecule is COc1nc(C)cc(Oc2cccc(-n3ccnc3)c2)n1. The zero-order valence-corrected chi connectivity index (χ0v) is 11.7. The standard InChI is InChI=1S/C15H14N4O2/c1-11-8-14(18-15(17-11)20-2)21-13-5-3-4-12(9-13)19-7-6-16-10-19/h3-10H,1-2H3. The summed E-state index contributed by atoms with van der Waals surface area (Å²) in [5, 5.41) is 0. The molecule has 0 saturated carbocycles. The minimum Gasteiger partial charge on any atom is -0.467 e. The van der Waals surface area contributed by atoms with Crippen LogP contribution in [-0.2, 0) is 0 Å². The smallest absolute Gasteiger partial charge is 0.319 e. The van der Waals surface area contributed by atoms with Crippen molar-refractivity contribution in [3.8, 4) is 23.3 Å². The van der Waals surface area contributed by atoms with Crippen molar-refractivity contribution in [2.75, 3.05) is 7.11 Å². The van der Waals surface area contributed by atoms with Gasteiger partial charge in [-0.2, -0.15) is 4.98 Å². The fraction of sp³-hybridized carbons (Fsp3) is 0.133. The zero-order valence-electron chi connectivity index (χ0n) is 11.7. The van der Waals surface area contributed by atoms with Gasteiger partial charge in [-0.05, 0) is 19.1 Å². The van der Waals surface area contributed by atoms with E-state index in [4.69, 9.17) is 9.47 Å². The van der Waals surface area contributed by atoms with Gasteiger partial charge in [0.05, 0.1) is 19.1 Å². The lowest BCUT2D eigenvalue weighted by atomic mass is 10.3. The van der Waals surface area contributed by atoms with Crippen LogP contribution in [0.4, 0.5) is 0 Å². The fourth-order valence-corrected chi connectivity index (χ4v) is 1.90. The van der Waals surface area contributed by atoms with Crippen molar-refractivity contribution >= 4 is 0 Å². The molecular formula is C15H14N4O2. The van der Waals surface area contributed by atoms with E-state index in [1.165, 1.54) is 7.11 Å². The van der Waals surface area contributed by atoms with Crippen LogP contribution in [0.3, 0.4) is 0 Å². The van der Waals surface area contributed by atoms with Gasteiger partial charge in [0, 0.05) is 30.2 Å². The zero-order chi connectivity index (χ0) is 14.7. The van der Waals surface area contributed by atoms with Crippen molar-refractivity contribution in [3.63, 3.8) is 0 Å². The molecule has 0 saturated heterocycles. The molecule has 0 radical (unpaired) electrons. The largest absolute Gasteiger partial charge is 0.467 e. The summed E-state index contributed by atoms with van der Waals surface area (Å²) >= 11 is 0. The molecule has 0 aliphatic carbocycles. The predicted octanol–water partition coefficient (Wildman–Crippen LogP) is 2.77. The van der Waals surface area contributed by atoms with Gasteiger partial charge < -0.3 is 14.0 Å². The third-order valence-corrected chi connectivity index (χ3v) is 2.84. The number of ether oxygens (including phenoxy) is 2. The molecule has 0 atom stereocenters. The molecule has 3 aromatic rings. The first-order valence-corrected chi connectivity index (χ1v) is 6.40. The van der Waals surface area contributed by atoms with E-state index in [1.54, 1.807) is 18.6 Å². The van der Waals surface area contributed by atoms with E-state index in [9.17, 15) is 0 Å². The molecule has 21 heavy (non-hydrogen) atoms. The van der Waals surface area contributed by atoms with E-state index in [2.05, 4.69) is 15.0 Å². The van der Waals surface area contributed by atoms with Gasteiger partial charge in [0.1, 0.15) is 5.75 Å². The molecule has 3 rings (SSSR count). The van der Waals surface area contributed by atoms with Crippen molar-refractivity contribution in [1.82, 2.24) is 19.5 Å². The molecule has 0 bridgehead atoms. The molecule has 0 unspecified atom stereocenters. The number of aromatic nitrogens is 4. The number of benzene rings is 1. The highest BCUT2D eigenvalue weighted by atomic mass is 16.5. The van der Waals surface area contributed by atoms with Crippen LogP contribution < -0.4 is 9.47 Å². The first kappa shape index (κ1) is 13.1. The van der Waals surface area contributed by atoms with Crippen LogP contribution in [0.15, 0.2) is 49.1 Å². The summed E-state index contributed by atoms with van der Waals surface area (Å²) in [6.07, 6.45) is 5.33. The molecule has 0 aliphatic rings. The van der Waals surface area contributed by atoms with E-state index >= 15 is 0 Å². The van der Waals surface area contributed by atoms with Crippen molar-refractivity contribution in [1.29, 1.82) is 0 Å². The van der Waals surface area contributed by atoms with Crippen molar-refractivity contribution in [2.45, 2.75) is 6.92 Å². The molecule has 0 N–H and O–H groups in total. The van der Waals surface area contributed by atoms with Gasteiger partial charge in [-0.15, -0.1) is 0 Å². The minimum atomic E-state index is 0.288. The number of methoxy groups -OCH3 is 1. The van der Waals surface area contributed by atoms with E-state index in [0.717, 1.165) is 11.4 Å². The molecule has 106 valence electrons. The third-order valence-electron chi connectivity index (χ3n) is 2.84. The Bertz CT molecular complexity index is 741. The molecule has 0 aliphatic heterocycles. The summed E-state index contributed by atoms with van der Waals surface area (Å²) in [5.74, 6) is 1.13. The average molecular weight is 282 g/mol. The second-order valence-corrected chi connectivity index (χ2v) is 4.40. The number of hydrogen-bond donors (Lipinski definition) is 0. The normalized spacial score (nSPS) is 10.4. The van der Waals surface area contributed by atoms with Crippen LogP contribution in [0.1, 0.15) is 5.69 Å². The summed E-state index contributed by atoms with van der Waals surface area (Å²) in [6.45, 7) is 1.86. The maximum Gasteiger partial charge on any atom is 0.319 e. The summed E-state index contributed by atoms with van der Waals surface area (Å²) in [6, 6.07) is 9.70. The molecule has 6 nitrogen and oxygen atoms in total. The summed E-state index contributed by atoms with van der Waals surface area (Å²) in [7, 11) is 1.53. The molecule has 1 aromatic carbocycles. The van der Waals surface area contributed by atoms with Gasteiger partial charge >= 0.3 is 6.01 Å². The van der Waals surface area contributed by atoms with Crippen LogP contribution in [0.25, 0.3) is 5.69 Å². The van der Waals surface area contributed by atoms with Crippen molar-refractivity contribution in [2.24, 2.45) is 0 Å². The van der Waals surface area contributed by atoms with Gasteiger partial charge in [0.2, 0.25) is 5.88 Å².